The summed E-state index contributed by atoms with van der Waals surface area (Å²) in [6.45, 7) is 0. The number of benzene rings is 1. The first-order valence-corrected chi connectivity index (χ1v) is 8.93. The van der Waals surface area contributed by atoms with Crippen LogP contribution in [0.2, 0.25) is 8.67 Å². The molecule has 130 valence electrons. The minimum Gasteiger partial charge on any atom is -0.497 e. The van der Waals surface area contributed by atoms with E-state index in [0.717, 1.165) is 22.6 Å². The van der Waals surface area contributed by atoms with E-state index in [9.17, 15) is 4.79 Å². The molecule has 1 amide bonds. The molecule has 0 aliphatic carbocycles. The van der Waals surface area contributed by atoms with E-state index in [1.165, 1.54) is 0 Å². The minimum atomic E-state index is -0.437. The molecule has 0 aliphatic rings. The van der Waals surface area contributed by atoms with Crippen molar-refractivity contribution in [1.82, 2.24) is 14.9 Å². The minimum absolute atomic E-state index is 0.308. The third kappa shape index (κ3) is 3.81. The Labute approximate surface area is 159 Å². The number of imidazole rings is 1. The van der Waals surface area contributed by atoms with Crippen molar-refractivity contribution < 1.29 is 9.53 Å². The van der Waals surface area contributed by atoms with Crippen LogP contribution in [-0.4, -0.2) is 22.6 Å². The molecule has 0 bridgehead atoms. The molecule has 3 aromatic rings. The predicted molar refractivity (Wildman–Crippen MR) is 99.9 cm³/mol. The number of hydrogen-bond donors (Lipinski definition) is 1. The summed E-state index contributed by atoms with van der Waals surface area (Å²) in [5, 5.41) is 2.98. The maximum Gasteiger partial charge on any atom is 0.254 e. The highest BCUT2D eigenvalue weighted by atomic mass is 35.5. The second kappa shape index (κ2) is 7.47. The van der Waals surface area contributed by atoms with Gasteiger partial charge in [-0.25, -0.2) is 4.98 Å². The van der Waals surface area contributed by atoms with E-state index in [2.05, 4.69) is 10.3 Å². The Morgan fingerprint density at radius 2 is 2.04 bits per heavy atom. The molecule has 0 spiro atoms. The number of carbonyl (C=O) groups is 1. The largest absolute Gasteiger partial charge is 0.497 e. The fourth-order valence-electron chi connectivity index (χ4n) is 2.45. The average Bonchev–Trinajstić information content (AvgIpc) is 3.17. The van der Waals surface area contributed by atoms with Crippen LogP contribution in [0.1, 0.15) is 27.8 Å². The van der Waals surface area contributed by atoms with E-state index in [1.807, 2.05) is 42.1 Å². The number of ether oxygens (including phenoxy) is 1. The summed E-state index contributed by atoms with van der Waals surface area (Å²) in [7, 11) is 3.48. The molecule has 1 atom stereocenters. The number of halogens is 2. The lowest BCUT2D eigenvalue weighted by Gasteiger charge is -2.19. The highest BCUT2D eigenvalue weighted by molar-refractivity contribution is 7.20. The van der Waals surface area contributed by atoms with Crippen LogP contribution in [-0.2, 0) is 7.05 Å². The maximum atomic E-state index is 12.7. The van der Waals surface area contributed by atoms with Crippen molar-refractivity contribution in [2.45, 2.75) is 6.04 Å². The van der Waals surface area contributed by atoms with Gasteiger partial charge < -0.3 is 14.6 Å². The number of aryl methyl sites for hydroxylation is 1. The van der Waals surface area contributed by atoms with Gasteiger partial charge in [0.05, 0.1) is 17.0 Å². The fourth-order valence-corrected chi connectivity index (χ4v) is 3.91. The molecule has 0 saturated carbocycles. The molecule has 5 nitrogen and oxygen atoms in total. The number of thiophene rings is 1. The molecule has 2 heterocycles. The molecule has 0 saturated heterocycles. The molecule has 0 aliphatic heterocycles. The van der Waals surface area contributed by atoms with Crippen LogP contribution in [0.25, 0.3) is 0 Å². The highest BCUT2D eigenvalue weighted by Crippen LogP contribution is 2.32. The zero-order valence-corrected chi connectivity index (χ0v) is 15.8. The Hall–Kier alpha value is -2.02. The number of nitrogens with zero attached hydrogens (tertiary/aromatic N) is 2. The number of hydrogen-bond acceptors (Lipinski definition) is 4. The molecule has 1 aromatic carbocycles. The Balaban J connectivity index is 1.95. The van der Waals surface area contributed by atoms with Crippen LogP contribution in [0.15, 0.2) is 42.7 Å². The van der Waals surface area contributed by atoms with E-state index >= 15 is 0 Å². The first-order valence-electron chi connectivity index (χ1n) is 7.36. The first kappa shape index (κ1) is 17.8. The fraction of sp³-hybridized carbons (Fsp3) is 0.176. The van der Waals surface area contributed by atoms with E-state index in [-0.39, 0.29) is 5.91 Å². The lowest BCUT2D eigenvalue weighted by molar-refractivity contribution is 0.0942. The summed E-state index contributed by atoms with van der Waals surface area (Å²) in [5.41, 5.74) is 1.23. The Kier molecular flexibility index (Phi) is 5.32. The normalized spacial score (nSPS) is 12.0. The first-order chi connectivity index (χ1) is 12.0. The lowest BCUT2D eigenvalue weighted by Crippen LogP contribution is -2.31. The molecular weight excluding hydrogens is 381 g/mol. The number of rotatable bonds is 5. The molecule has 1 N–H and O–H groups in total. The summed E-state index contributed by atoms with van der Waals surface area (Å²) >= 11 is 13.2. The van der Waals surface area contributed by atoms with Gasteiger partial charge in [-0.1, -0.05) is 35.3 Å². The molecular formula is C17H15Cl2N3O2S. The number of methoxy groups -OCH3 is 1. The van der Waals surface area contributed by atoms with Crippen LogP contribution in [0.5, 0.6) is 5.75 Å². The smallest absolute Gasteiger partial charge is 0.254 e. The molecule has 0 fully saturated rings. The van der Waals surface area contributed by atoms with Gasteiger partial charge >= 0.3 is 0 Å². The predicted octanol–water partition coefficient (Wildman–Crippen LogP) is 4.32. The van der Waals surface area contributed by atoms with Gasteiger partial charge in [-0.05, 0) is 23.8 Å². The van der Waals surface area contributed by atoms with Gasteiger partial charge in [0.25, 0.3) is 5.91 Å². The van der Waals surface area contributed by atoms with E-state index in [0.29, 0.717) is 20.1 Å². The zero-order valence-electron chi connectivity index (χ0n) is 13.5. The van der Waals surface area contributed by atoms with E-state index in [1.54, 1.807) is 19.4 Å². The molecule has 2 aromatic heterocycles. The van der Waals surface area contributed by atoms with Crippen LogP contribution in [0, 0.1) is 0 Å². The molecule has 3 rings (SSSR count). The Bertz CT molecular complexity index is 890. The average molecular weight is 396 g/mol. The summed E-state index contributed by atoms with van der Waals surface area (Å²) in [4.78, 5) is 17.1. The Morgan fingerprint density at radius 1 is 1.32 bits per heavy atom. The van der Waals surface area contributed by atoms with E-state index < -0.39 is 6.04 Å². The maximum absolute atomic E-state index is 12.7. The third-order valence-electron chi connectivity index (χ3n) is 3.74. The SMILES string of the molecule is COc1ccc(C(NC(=O)c2cc(Cl)sc2Cl)c2nccn2C)cc1. The second-order valence-corrected chi connectivity index (χ2v) is 7.60. The number of amides is 1. The molecule has 8 heteroatoms. The van der Waals surface area contributed by atoms with E-state index in [4.69, 9.17) is 27.9 Å². The Morgan fingerprint density at radius 3 is 2.56 bits per heavy atom. The number of carbonyl (C=O) groups excluding carboxylic acids is 1. The van der Waals surface area contributed by atoms with Gasteiger partial charge in [-0.15, -0.1) is 11.3 Å². The quantitative estimate of drug-likeness (QED) is 0.699. The van der Waals surface area contributed by atoms with Crippen molar-refractivity contribution >= 4 is 40.4 Å². The standard InChI is InChI=1S/C17H15Cl2N3O2S/c1-22-8-7-20-16(22)14(10-3-5-11(24-2)6-4-10)21-17(23)12-9-13(18)25-15(12)19/h3-9,14H,1-2H3,(H,21,23). The molecule has 1 unspecified atom stereocenters. The van der Waals surface area contributed by atoms with Crippen LogP contribution < -0.4 is 10.1 Å². The second-order valence-electron chi connectivity index (χ2n) is 5.31. The van der Waals surface area contributed by atoms with Crippen LogP contribution in [0.4, 0.5) is 0 Å². The highest BCUT2D eigenvalue weighted by Gasteiger charge is 2.23. The summed E-state index contributed by atoms with van der Waals surface area (Å²) in [5.74, 6) is 1.13. The summed E-state index contributed by atoms with van der Waals surface area (Å²) < 4.78 is 7.87. The van der Waals surface area contributed by atoms with Gasteiger partial charge in [-0.3, -0.25) is 4.79 Å². The van der Waals surface area contributed by atoms with Gasteiger partial charge in [0, 0.05) is 19.4 Å². The van der Waals surface area contributed by atoms with Gasteiger partial charge in [0.2, 0.25) is 0 Å². The molecule has 25 heavy (non-hydrogen) atoms. The summed E-state index contributed by atoms with van der Waals surface area (Å²) in [6, 6.07) is 8.58. The topological polar surface area (TPSA) is 56.1 Å². The van der Waals surface area contributed by atoms with Crippen molar-refractivity contribution in [1.29, 1.82) is 0 Å². The van der Waals surface area contributed by atoms with Crippen molar-refractivity contribution in [3.05, 3.63) is 68.3 Å². The van der Waals surface area contributed by atoms with Crippen molar-refractivity contribution in [2.75, 3.05) is 7.11 Å². The van der Waals surface area contributed by atoms with Gasteiger partial charge in [0.1, 0.15) is 22.0 Å². The lowest BCUT2D eigenvalue weighted by atomic mass is 10.1. The van der Waals surface area contributed by atoms with Gasteiger partial charge in [0.15, 0.2) is 0 Å². The van der Waals surface area contributed by atoms with Crippen LogP contribution >= 0.6 is 34.5 Å². The van der Waals surface area contributed by atoms with Crippen molar-refractivity contribution in [3.63, 3.8) is 0 Å². The monoisotopic (exact) mass is 395 g/mol. The number of aromatic nitrogens is 2. The van der Waals surface area contributed by atoms with Crippen molar-refractivity contribution in [2.24, 2.45) is 7.05 Å². The number of nitrogens with one attached hydrogen (secondary N) is 1. The van der Waals surface area contributed by atoms with Crippen LogP contribution in [0.3, 0.4) is 0 Å². The van der Waals surface area contributed by atoms with Crippen molar-refractivity contribution in [3.8, 4) is 5.75 Å². The summed E-state index contributed by atoms with van der Waals surface area (Å²) in [6.07, 6.45) is 3.51. The third-order valence-corrected chi connectivity index (χ3v) is 5.23. The molecule has 0 radical (unpaired) electrons. The van der Waals surface area contributed by atoms with Gasteiger partial charge in [-0.2, -0.15) is 0 Å². The zero-order chi connectivity index (χ0) is 18.0.